The van der Waals surface area contributed by atoms with Gasteiger partial charge in [0.15, 0.2) is 46.5 Å². The second kappa shape index (κ2) is 12.0. The van der Waals surface area contributed by atoms with Gasteiger partial charge in [0.05, 0.1) is 13.1 Å². The molecule has 0 unspecified atom stereocenters. The number of anilines is 1. The molecule has 0 amide bonds. The summed E-state index contributed by atoms with van der Waals surface area (Å²) in [6.07, 6.45) is 0. The van der Waals surface area contributed by atoms with E-state index < -0.39 is 94.5 Å². The van der Waals surface area contributed by atoms with Crippen LogP contribution in [-0.2, 0) is 9.47 Å². The van der Waals surface area contributed by atoms with E-state index in [1.165, 1.54) is 29.2 Å². The fourth-order valence-electron chi connectivity index (χ4n) is 3.22. The van der Waals surface area contributed by atoms with Crippen molar-refractivity contribution in [1.29, 1.82) is 0 Å². The maximum atomic E-state index is 13.8. The Labute approximate surface area is 212 Å². The fraction of sp³-hybridized carbons (Fsp3) is 0.167. The van der Waals surface area contributed by atoms with Crippen LogP contribution in [0.15, 0.2) is 30.3 Å². The Bertz CT molecular complexity index is 1270. The van der Waals surface area contributed by atoms with E-state index in [-0.39, 0.29) is 13.1 Å². The molecular formula is C24H13F10NO4. The van der Waals surface area contributed by atoms with Crippen molar-refractivity contribution in [3.63, 3.8) is 0 Å². The second-order valence-electron chi connectivity index (χ2n) is 7.48. The normalized spacial score (nSPS) is 10.9. The van der Waals surface area contributed by atoms with Crippen LogP contribution in [0.1, 0.15) is 20.7 Å². The molecule has 0 bridgehead atoms. The standard InChI is InChI=1S/C24H13F10NO4/c25-13-11(14(26)18(30)21(33)17(13)29)23(36)38-8-6-35(10-4-2-1-3-5-10)7-9-39-24(37)12-15(27)19(31)22(34)20(32)16(12)28/h1-5H,6-9H2. The lowest BCUT2D eigenvalue weighted by molar-refractivity contribution is 0.0490. The van der Waals surface area contributed by atoms with Gasteiger partial charge in [-0.25, -0.2) is 53.5 Å². The highest BCUT2D eigenvalue weighted by molar-refractivity contribution is 5.90. The molecule has 39 heavy (non-hydrogen) atoms. The molecule has 0 aliphatic rings. The van der Waals surface area contributed by atoms with Crippen molar-refractivity contribution in [2.24, 2.45) is 0 Å². The molecule has 0 N–H and O–H groups in total. The molecule has 0 aliphatic heterocycles. The molecule has 0 atom stereocenters. The first kappa shape index (κ1) is 29.3. The first-order valence-corrected chi connectivity index (χ1v) is 10.6. The average Bonchev–Trinajstić information content (AvgIpc) is 2.92. The molecule has 3 aromatic carbocycles. The Morgan fingerprint density at radius 1 is 0.513 bits per heavy atom. The summed E-state index contributed by atoms with van der Waals surface area (Å²) in [5.41, 5.74) is -3.30. The van der Waals surface area contributed by atoms with Gasteiger partial charge in [-0.15, -0.1) is 0 Å². The predicted octanol–water partition coefficient (Wildman–Crippen LogP) is 5.60. The van der Waals surface area contributed by atoms with Gasteiger partial charge in [0.1, 0.15) is 24.3 Å². The number of halogens is 10. The number of hydrogen-bond donors (Lipinski definition) is 0. The molecule has 3 aromatic rings. The van der Waals surface area contributed by atoms with Crippen molar-refractivity contribution in [2.75, 3.05) is 31.2 Å². The van der Waals surface area contributed by atoms with E-state index in [2.05, 4.69) is 9.47 Å². The van der Waals surface area contributed by atoms with E-state index in [4.69, 9.17) is 0 Å². The Morgan fingerprint density at radius 3 is 1.15 bits per heavy atom. The van der Waals surface area contributed by atoms with Gasteiger partial charge in [-0.3, -0.25) is 0 Å². The molecule has 0 fully saturated rings. The molecule has 3 rings (SSSR count). The van der Waals surface area contributed by atoms with Gasteiger partial charge >= 0.3 is 11.9 Å². The predicted molar refractivity (Wildman–Crippen MR) is 112 cm³/mol. The van der Waals surface area contributed by atoms with Gasteiger partial charge < -0.3 is 14.4 Å². The Balaban J connectivity index is 1.70. The van der Waals surface area contributed by atoms with Gasteiger partial charge in [0.25, 0.3) is 0 Å². The summed E-state index contributed by atoms with van der Waals surface area (Å²) < 4.78 is 144. The van der Waals surface area contributed by atoms with Crippen molar-refractivity contribution in [2.45, 2.75) is 0 Å². The third kappa shape index (κ3) is 5.91. The zero-order chi connectivity index (χ0) is 29.0. The second-order valence-corrected chi connectivity index (χ2v) is 7.48. The van der Waals surface area contributed by atoms with E-state index in [1.54, 1.807) is 6.07 Å². The monoisotopic (exact) mass is 569 g/mol. The Kier molecular flexibility index (Phi) is 9.04. The van der Waals surface area contributed by atoms with Gasteiger partial charge in [0.2, 0.25) is 11.6 Å². The van der Waals surface area contributed by atoms with Crippen LogP contribution in [0.3, 0.4) is 0 Å². The van der Waals surface area contributed by atoms with Gasteiger partial charge in [-0.1, -0.05) is 18.2 Å². The van der Waals surface area contributed by atoms with Crippen LogP contribution in [0, 0.1) is 58.2 Å². The Morgan fingerprint density at radius 2 is 0.821 bits per heavy atom. The van der Waals surface area contributed by atoms with Crippen LogP contribution in [0.5, 0.6) is 0 Å². The SMILES string of the molecule is O=C(OCCN(CCOC(=O)c1c(F)c(F)c(F)c(F)c1F)c1ccccc1)c1c(F)c(F)c(F)c(F)c1F. The molecule has 0 spiro atoms. The summed E-state index contributed by atoms with van der Waals surface area (Å²) in [4.78, 5) is 25.3. The van der Waals surface area contributed by atoms with Gasteiger partial charge in [0, 0.05) is 5.69 Å². The van der Waals surface area contributed by atoms with Crippen LogP contribution < -0.4 is 4.90 Å². The summed E-state index contributed by atoms with van der Waals surface area (Å²) >= 11 is 0. The van der Waals surface area contributed by atoms with Gasteiger partial charge in [-0.2, -0.15) is 0 Å². The number of carbonyl (C=O) groups is 2. The fourth-order valence-corrected chi connectivity index (χ4v) is 3.22. The smallest absolute Gasteiger partial charge is 0.344 e. The van der Waals surface area contributed by atoms with Crippen molar-refractivity contribution in [3.05, 3.63) is 99.6 Å². The van der Waals surface area contributed by atoms with Gasteiger partial charge in [-0.05, 0) is 12.1 Å². The summed E-state index contributed by atoms with van der Waals surface area (Å²) in [6.45, 7) is -2.10. The number of nitrogens with zero attached hydrogens (tertiary/aromatic N) is 1. The maximum absolute atomic E-state index is 13.8. The van der Waals surface area contributed by atoms with Crippen molar-refractivity contribution in [1.82, 2.24) is 0 Å². The van der Waals surface area contributed by atoms with Crippen molar-refractivity contribution < 1.29 is 63.0 Å². The minimum absolute atomic E-state index is 0.342. The zero-order valence-corrected chi connectivity index (χ0v) is 19.1. The molecule has 0 radical (unpaired) electrons. The molecule has 0 heterocycles. The molecule has 5 nitrogen and oxygen atoms in total. The van der Waals surface area contributed by atoms with Crippen LogP contribution in [0.4, 0.5) is 49.6 Å². The highest BCUT2D eigenvalue weighted by atomic mass is 19.2. The maximum Gasteiger partial charge on any atom is 0.344 e. The average molecular weight is 569 g/mol. The molecule has 0 saturated carbocycles. The lowest BCUT2D eigenvalue weighted by Gasteiger charge is -2.24. The molecule has 208 valence electrons. The number of para-hydroxylation sites is 1. The first-order chi connectivity index (χ1) is 18.4. The van der Waals surface area contributed by atoms with E-state index in [1.807, 2.05) is 0 Å². The summed E-state index contributed by atoms with van der Waals surface area (Å²) in [5, 5.41) is 0. The molecule has 0 aromatic heterocycles. The lowest BCUT2D eigenvalue weighted by atomic mass is 10.1. The summed E-state index contributed by atoms with van der Waals surface area (Å²) in [6, 6.07) is 7.62. The topological polar surface area (TPSA) is 55.8 Å². The first-order valence-electron chi connectivity index (χ1n) is 10.6. The largest absolute Gasteiger partial charge is 0.460 e. The molecule has 0 aliphatic carbocycles. The van der Waals surface area contributed by atoms with E-state index >= 15 is 0 Å². The summed E-state index contributed by atoms with van der Waals surface area (Å²) in [5.74, 6) is -27.8. The number of ether oxygens (including phenoxy) is 2. The number of hydrogen-bond acceptors (Lipinski definition) is 5. The Hall–Kier alpha value is -4.30. The van der Waals surface area contributed by atoms with E-state index in [0.29, 0.717) is 5.69 Å². The number of esters is 2. The zero-order valence-electron chi connectivity index (χ0n) is 19.1. The quantitative estimate of drug-likeness (QED) is 0.146. The van der Waals surface area contributed by atoms with Crippen molar-refractivity contribution in [3.8, 4) is 0 Å². The third-order valence-corrected chi connectivity index (χ3v) is 5.14. The number of rotatable bonds is 9. The number of carbonyl (C=O) groups excluding carboxylic acids is 2. The highest BCUT2D eigenvalue weighted by Gasteiger charge is 2.32. The van der Waals surface area contributed by atoms with Crippen LogP contribution in [0.2, 0.25) is 0 Å². The molecular weight excluding hydrogens is 556 g/mol. The summed E-state index contributed by atoms with van der Waals surface area (Å²) in [7, 11) is 0. The van der Waals surface area contributed by atoms with E-state index in [0.717, 1.165) is 0 Å². The van der Waals surface area contributed by atoms with Crippen molar-refractivity contribution >= 4 is 17.6 Å². The molecule has 0 saturated heterocycles. The van der Waals surface area contributed by atoms with Crippen LogP contribution in [0.25, 0.3) is 0 Å². The minimum Gasteiger partial charge on any atom is -0.460 e. The number of benzene rings is 3. The van der Waals surface area contributed by atoms with E-state index in [9.17, 15) is 53.5 Å². The lowest BCUT2D eigenvalue weighted by Crippen LogP contribution is -2.32. The van der Waals surface area contributed by atoms with Crippen LogP contribution in [-0.4, -0.2) is 38.2 Å². The minimum atomic E-state index is -2.47. The highest BCUT2D eigenvalue weighted by Crippen LogP contribution is 2.25. The molecule has 15 heteroatoms. The third-order valence-electron chi connectivity index (χ3n) is 5.14. The van der Waals surface area contributed by atoms with Crippen LogP contribution >= 0.6 is 0 Å².